The summed E-state index contributed by atoms with van der Waals surface area (Å²) in [6.07, 6.45) is 4.17. The fourth-order valence-corrected chi connectivity index (χ4v) is 3.53. The van der Waals surface area contributed by atoms with Gasteiger partial charge in [0.15, 0.2) is 0 Å². The van der Waals surface area contributed by atoms with Crippen molar-refractivity contribution in [1.82, 2.24) is 20.2 Å². The predicted molar refractivity (Wildman–Crippen MR) is 118 cm³/mol. The van der Waals surface area contributed by atoms with Gasteiger partial charge in [0.05, 0.1) is 5.56 Å². The van der Waals surface area contributed by atoms with Gasteiger partial charge in [0.25, 0.3) is 5.91 Å². The number of benzene rings is 1. The van der Waals surface area contributed by atoms with E-state index in [0.29, 0.717) is 18.1 Å². The lowest BCUT2D eigenvalue weighted by molar-refractivity contribution is 0.0951. The number of nitrogens with one attached hydrogen (secondary N) is 1. The molecule has 7 heteroatoms. The van der Waals surface area contributed by atoms with Crippen LogP contribution in [0.3, 0.4) is 0 Å². The van der Waals surface area contributed by atoms with Gasteiger partial charge >= 0.3 is 0 Å². The second kappa shape index (κ2) is 9.69. The molecule has 1 fully saturated rings. The minimum Gasteiger partial charge on any atom is -0.368 e. The van der Waals surface area contributed by atoms with Crippen molar-refractivity contribution in [2.24, 2.45) is 0 Å². The molecule has 1 aromatic heterocycles. The Balaban J connectivity index is 1.52. The number of hydrogen-bond acceptors (Lipinski definition) is 6. The molecular weight excluding hydrogens is 364 g/mol. The molecule has 1 N–H and O–H groups in total. The number of rotatable bonds is 7. The molecule has 29 heavy (non-hydrogen) atoms. The van der Waals surface area contributed by atoms with Gasteiger partial charge in [-0.25, -0.2) is 9.97 Å². The molecule has 7 nitrogen and oxygen atoms in total. The van der Waals surface area contributed by atoms with Crippen molar-refractivity contribution in [1.29, 1.82) is 0 Å². The van der Waals surface area contributed by atoms with Gasteiger partial charge in [-0.15, -0.1) is 0 Å². The summed E-state index contributed by atoms with van der Waals surface area (Å²) in [5, 5.41) is 2.92. The van der Waals surface area contributed by atoms with Gasteiger partial charge in [-0.2, -0.15) is 0 Å². The summed E-state index contributed by atoms with van der Waals surface area (Å²) in [5.74, 6) is 0.574. The fraction of sp³-hybridized carbons (Fsp3) is 0.500. The summed E-state index contributed by atoms with van der Waals surface area (Å²) in [6, 6.07) is 6.47. The Morgan fingerprint density at radius 3 is 2.38 bits per heavy atom. The molecule has 0 spiro atoms. The topological polar surface area (TPSA) is 64.6 Å². The summed E-state index contributed by atoms with van der Waals surface area (Å²) in [4.78, 5) is 27.8. The standard InChI is InChI=1S/C22H32N6O/c1-17-7-5-8-20(18(17)2)27-11-13-28(14-12-27)22-24-15-19(16-25-22)21(29)23-9-6-10-26(3)4/h5,7-8,15-16H,6,9-14H2,1-4H3,(H,23,29). The number of carbonyl (C=O) groups excluding carboxylic acids is 1. The number of nitrogens with zero attached hydrogens (tertiary/aromatic N) is 5. The fourth-order valence-electron chi connectivity index (χ4n) is 3.53. The van der Waals surface area contributed by atoms with E-state index in [1.54, 1.807) is 12.4 Å². The minimum absolute atomic E-state index is 0.116. The van der Waals surface area contributed by atoms with E-state index in [1.807, 2.05) is 14.1 Å². The highest BCUT2D eigenvalue weighted by molar-refractivity contribution is 5.93. The molecule has 1 amide bonds. The number of aryl methyl sites for hydroxylation is 1. The van der Waals surface area contributed by atoms with Crippen LogP contribution in [0.25, 0.3) is 0 Å². The third kappa shape index (κ3) is 5.44. The molecule has 3 rings (SSSR count). The first-order valence-electron chi connectivity index (χ1n) is 10.3. The highest BCUT2D eigenvalue weighted by Gasteiger charge is 2.20. The third-order valence-corrected chi connectivity index (χ3v) is 5.45. The van der Waals surface area contributed by atoms with Crippen LogP contribution >= 0.6 is 0 Å². The third-order valence-electron chi connectivity index (χ3n) is 5.45. The molecular formula is C22H32N6O. The van der Waals surface area contributed by atoms with Crippen LogP contribution in [0.5, 0.6) is 0 Å². The lowest BCUT2D eigenvalue weighted by Gasteiger charge is -2.37. The van der Waals surface area contributed by atoms with Gasteiger partial charge in [-0.05, 0) is 58.1 Å². The maximum atomic E-state index is 12.2. The molecule has 0 bridgehead atoms. The van der Waals surface area contributed by atoms with Gasteiger partial charge in [-0.3, -0.25) is 4.79 Å². The maximum Gasteiger partial charge on any atom is 0.254 e. The first-order chi connectivity index (χ1) is 14.0. The van der Waals surface area contributed by atoms with Crippen LogP contribution < -0.4 is 15.1 Å². The quantitative estimate of drug-likeness (QED) is 0.723. The molecule has 0 radical (unpaired) electrons. The Morgan fingerprint density at radius 1 is 1.07 bits per heavy atom. The molecule has 2 heterocycles. The number of aromatic nitrogens is 2. The normalized spacial score (nSPS) is 14.4. The number of hydrogen-bond donors (Lipinski definition) is 1. The highest BCUT2D eigenvalue weighted by atomic mass is 16.1. The summed E-state index contributed by atoms with van der Waals surface area (Å²) < 4.78 is 0. The Labute approximate surface area is 173 Å². The van der Waals surface area contributed by atoms with E-state index in [0.717, 1.165) is 39.1 Å². The number of amides is 1. The van der Waals surface area contributed by atoms with Crippen LogP contribution in [-0.4, -0.2) is 74.1 Å². The molecule has 0 atom stereocenters. The van der Waals surface area contributed by atoms with Gasteiger partial charge in [0.1, 0.15) is 0 Å². The highest BCUT2D eigenvalue weighted by Crippen LogP contribution is 2.24. The summed E-state index contributed by atoms with van der Waals surface area (Å²) in [7, 11) is 4.05. The van der Waals surface area contributed by atoms with Crippen molar-refractivity contribution in [2.75, 3.05) is 63.2 Å². The van der Waals surface area contributed by atoms with Gasteiger partial charge in [0.2, 0.25) is 5.95 Å². The zero-order valence-corrected chi connectivity index (χ0v) is 18.0. The molecule has 0 unspecified atom stereocenters. The van der Waals surface area contributed by atoms with E-state index in [-0.39, 0.29) is 5.91 Å². The van der Waals surface area contributed by atoms with Gasteiger partial charge in [0, 0.05) is 50.8 Å². The van der Waals surface area contributed by atoms with Crippen LogP contribution in [0, 0.1) is 13.8 Å². The van der Waals surface area contributed by atoms with Crippen molar-refractivity contribution < 1.29 is 4.79 Å². The molecule has 0 aliphatic carbocycles. The van der Waals surface area contributed by atoms with E-state index < -0.39 is 0 Å². The van der Waals surface area contributed by atoms with Crippen molar-refractivity contribution in [2.45, 2.75) is 20.3 Å². The zero-order valence-electron chi connectivity index (χ0n) is 18.0. The van der Waals surface area contributed by atoms with Crippen LogP contribution in [0.1, 0.15) is 27.9 Å². The average molecular weight is 397 g/mol. The molecule has 1 saturated heterocycles. The summed E-state index contributed by atoms with van der Waals surface area (Å²) >= 11 is 0. The van der Waals surface area contributed by atoms with E-state index in [4.69, 9.17) is 0 Å². The maximum absolute atomic E-state index is 12.2. The van der Waals surface area contributed by atoms with Crippen LogP contribution in [0.4, 0.5) is 11.6 Å². The van der Waals surface area contributed by atoms with Crippen molar-refractivity contribution in [3.63, 3.8) is 0 Å². The zero-order chi connectivity index (χ0) is 20.8. The molecule has 1 aliphatic heterocycles. The lowest BCUT2D eigenvalue weighted by Crippen LogP contribution is -2.47. The van der Waals surface area contributed by atoms with Crippen molar-refractivity contribution >= 4 is 17.5 Å². The number of anilines is 2. The van der Waals surface area contributed by atoms with Crippen molar-refractivity contribution in [3.8, 4) is 0 Å². The minimum atomic E-state index is -0.116. The van der Waals surface area contributed by atoms with Gasteiger partial charge in [-0.1, -0.05) is 12.1 Å². The van der Waals surface area contributed by atoms with Crippen LogP contribution in [-0.2, 0) is 0 Å². The molecule has 156 valence electrons. The number of carbonyl (C=O) groups is 1. The Hall–Kier alpha value is -2.67. The Bertz CT molecular complexity index is 813. The van der Waals surface area contributed by atoms with Crippen molar-refractivity contribution in [3.05, 3.63) is 47.3 Å². The summed E-state index contributed by atoms with van der Waals surface area (Å²) in [6.45, 7) is 9.53. The smallest absolute Gasteiger partial charge is 0.254 e. The SMILES string of the molecule is Cc1cccc(N2CCN(c3ncc(C(=O)NCCCN(C)C)cn3)CC2)c1C. The van der Waals surface area contributed by atoms with E-state index in [1.165, 1.54) is 16.8 Å². The monoisotopic (exact) mass is 396 g/mol. The Kier molecular flexibility index (Phi) is 7.04. The molecule has 1 aliphatic rings. The first-order valence-corrected chi connectivity index (χ1v) is 10.3. The average Bonchev–Trinajstić information content (AvgIpc) is 2.73. The number of piperazine rings is 1. The van der Waals surface area contributed by atoms with Gasteiger partial charge < -0.3 is 20.0 Å². The van der Waals surface area contributed by atoms with Crippen LogP contribution in [0.15, 0.2) is 30.6 Å². The molecule has 1 aromatic carbocycles. The molecule has 2 aromatic rings. The van der Waals surface area contributed by atoms with Crippen LogP contribution in [0.2, 0.25) is 0 Å². The van der Waals surface area contributed by atoms with E-state index >= 15 is 0 Å². The lowest BCUT2D eigenvalue weighted by atomic mass is 10.1. The first kappa shape index (κ1) is 21.0. The largest absolute Gasteiger partial charge is 0.368 e. The second-order valence-corrected chi connectivity index (χ2v) is 7.88. The summed E-state index contributed by atoms with van der Waals surface area (Å²) in [5.41, 5.74) is 4.49. The van der Waals surface area contributed by atoms with E-state index in [2.05, 4.69) is 62.0 Å². The van der Waals surface area contributed by atoms with E-state index in [9.17, 15) is 4.79 Å². The Morgan fingerprint density at radius 2 is 1.72 bits per heavy atom. The molecule has 0 saturated carbocycles. The second-order valence-electron chi connectivity index (χ2n) is 7.88. The predicted octanol–water partition coefficient (Wildman–Crippen LogP) is 2.10.